The summed E-state index contributed by atoms with van der Waals surface area (Å²) in [6, 6.07) is 10.9. The topological polar surface area (TPSA) is 89.4 Å². The van der Waals surface area contributed by atoms with Gasteiger partial charge in [0.1, 0.15) is 23.0 Å². The van der Waals surface area contributed by atoms with Crippen molar-refractivity contribution in [2.75, 3.05) is 18.5 Å². The second-order valence-electron chi connectivity index (χ2n) is 6.08. The Morgan fingerprint density at radius 1 is 1.19 bits per heavy atom. The second kappa shape index (κ2) is 6.92. The predicted octanol–water partition coefficient (Wildman–Crippen LogP) is 3.66. The van der Waals surface area contributed by atoms with E-state index >= 15 is 0 Å². The molecule has 0 atom stereocenters. The maximum absolute atomic E-state index is 12.8. The van der Waals surface area contributed by atoms with Crippen LogP contribution in [0.2, 0.25) is 0 Å². The van der Waals surface area contributed by atoms with Gasteiger partial charge in [-0.05, 0) is 31.2 Å². The molecule has 3 aromatic rings. The molecule has 3 heterocycles. The Hall–Kier alpha value is -3.66. The normalized spacial score (nSPS) is 12.9. The van der Waals surface area contributed by atoms with E-state index in [1.807, 2.05) is 12.1 Å². The van der Waals surface area contributed by atoms with Crippen LogP contribution < -0.4 is 14.8 Å². The molecule has 0 fully saturated rings. The van der Waals surface area contributed by atoms with E-state index in [9.17, 15) is 10.1 Å². The SMILES string of the molecule is Cc1oc(-n2cccc2)c(C#N)c1C(=O)Nc1ccc2c(c1)OCCCO2. The molecule has 0 radical (unpaired) electrons. The minimum absolute atomic E-state index is 0.190. The van der Waals surface area contributed by atoms with Crippen LogP contribution in [0.1, 0.15) is 28.1 Å². The van der Waals surface area contributed by atoms with Crippen LogP contribution in [0.4, 0.5) is 5.69 Å². The maximum atomic E-state index is 12.8. The quantitative estimate of drug-likeness (QED) is 0.767. The molecule has 0 spiro atoms. The van der Waals surface area contributed by atoms with E-state index in [2.05, 4.69) is 11.4 Å². The number of hydrogen-bond donors (Lipinski definition) is 1. The molecule has 7 nitrogen and oxygen atoms in total. The van der Waals surface area contributed by atoms with Crippen LogP contribution in [0.25, 0.3) is 5.88 Å². The van der Waals surface area contributed by atoms with Crippen molar-refractivity contribution in [2.24, 2.45) is 0 Å². The van der Waals surface area contributed by atoms with Crippen LogP contribution in [0.3, 0.4) is 0 Å². The molecular weight excluding hydrogens is 346 g/mol. The maximum Gasteiger partial charge on any atom is 0.260 e. The zero-order chi connectivity index (χ0) is 18.8. The molecule has 27 heavy (non-hydrogen) atoms. The predicted molar refractivity (Wildman–Crippen MR) is 97.5 cm³/mol. The lowest BCUT2D eigenvalue weighted by Crippen LogP contribution is -2.14. The summed E-state index contributed by atoms with van der Waals surface area (Å²) in [5, 5.41) is 12.4. The largest absolute Gasteiger partial charge is 0.490 e. The van der Waals surface area contributed by atoms with Crippen molar-refractivity contribution in [1.82, 2.24) is 4.57 Å². The summed E-state index contributed by atoms with van der Waals surface area (Å²) in [7, 11) is 0. The van der Waals surface area contributed by atoms with Gasteiger partial charge in [-0.15, -0.1) is 0 Å². The van der Waals surface area contributed by atoms with Crippen LogP contribution in [0.15, 0.2) is 47.1 Å². The van der Waals surface area contributed by atoms with Crippen molar-refractivity contribution in [3.05, 3.63) is 59.6 Å². The summed E-state index contributed by atoms with van der Waals surface area (Å²) in [5.41, 5.74) is 0.958. The number of benzene rings is 1. The van der Waals surface area contributed by atoms with Crippen molar-refractivity contribution in [3.63, 3.8) is 0 Å². The third-order valence-corrected chi connectivity index (χ3v) is 4.25. The molecule has 4 rings (SSSR count). The first-order valence-electron chi connectivity index (χ1n) is 8.55. The number of fused-ring (bicyclic) bond motifs is 1. The highest BCUT2D eigenvalue weighted by Gasteiger charge is 2.25. The molecule has 0 unspecified atom stereocenters. The molecule has 1 aliphatic heterocycles. The monoisotopic (exact) mass is 363 g/mol. The number of rotatable bonds is 3. The lowest BCUT2D eigenvalue weighted by atomic mass is 10.1. The van der Waals surface area contributed by atoms with Crippen LogP contribution in [-0.2, 0) is 0 Å². The van der Waals surface area contributed by atoms with Gasteiger partial charge < -0.3 is 19.2 Å². The zero-order valence-electron chi connectivity index (χ0n) is 14.7. The summed E-state index contributed by atoms with van der Waals surface area (Å²) >= 11 is 0. The Morgan fingerprint density at radius 3 is 2.67 bits per heavy atom. The highest BCUT2D eigenvalue weighted by Crippen LogP contribution is 2.33. The number of aromatic nitrogens is 1. The van der Waals surface area contributed by atoms with E-state index in [1.165, 1.54) is 0 Å². The van der Waals surface area contributed by atoms with Crippen LogP contribution in [0.5, 0.6) is 11.5 Å². The first kappa shape index (κ1) is 16.8. The summed E-state index contributed by atoms with van der Waals surface area (Å²) < 4.78 is 18.6. The van der Waals surface area contributed by atoms with Crippen LogP contribution >= 0.6 is 0 Å². The van der Waals surface area contributed by atoms with E-state index < -0.39 is 5.91 Å². The Morgan fingerprint density at radius 2 is 1.93 bits per heavy atom. The average molecular weight is 363 g/mol. The van der Waals surface area contributed by atoms with Crippen molar-refractivity contribution in [1.29, 1.82) is 5.26 Å². The van der Waals surface area contributed by atoms with Crippen LogP contribution in [-0.4, -0.2) is 23.7 Å². The summed E-state index contributed by atoms with van der Waals surface area (Å²) in [4.78, 5) is 12.8. The lowest BCUT2D eigenvalue weighted by molar-refractivity contribution is 0.102. The highest BCUT2D eigenvalue weighted by molar-refractivity contribution is 6.07. The molecule has 0 saturated heterocycles. The number of ether oxygens (including phenoxy) is 2. The number of nitrogens with one attached hydrogen (secondary N) is 1. The van der Waals surface area contributed by atoms with Gasteiger partial charge in [-0.25, -0.2) is 0 Å². The third-order valence-electron chi connectivity index (χ3n) is 4.25. The molecule has 1 N–H and O–H groups in total. The lowest BCUT2D eigenvalue weighted by Gasteiger charge is -2.10. The fourth-order valence-corrected chi connectivity index (χ4v) is 2.99. The smallest absolute Gasteiger partial charge is 0.260 e. The number of amides is 1. The van der Waals surface area contributed by atoms with Gasteiger partial charge >= 0.3 is 0 Å². The van der Waals surface area contributed by atoms with Gasteiger partial charge in [0.2, 0.25) is 5.88 Å². The Bertz CT molecular complexity index is 1030. The van der Waals surface area contributed by atoms with E-state index in [0.717, 1.165) is 6.42 Å². The first-order valence-corrected chi connectivity index (χ1v) is 8.55. The zero-order valence-corrected chi connectivity index (χ0v) is 14.7. The van der Waals surface area contributed by atoms with E-state index in [4.69, 9.17) is 13.9 Å². The number of aryl methyl sites for hydroxylation is 1. The molecule has 1 aliphatic rings. The standard InChI is InChI=1S/C20H17N3O4/c1-13-18(15(12-21)20(27-13)23-7-2-3-8-23)19(24)22-14-5-6-16-17(11-14)26-10-4-9-25-16/h2-3,5-8,11H,4,9-10H2,1H3,(H,22,24). The number of nitrogens with zero attached hydrogens (tertiary/aromatic N) is 2. The minimum Gasteiger partial charge on any atom is -0.490 e. The van der Waals surface area contributed by atoms with E-state index in [0.29, 0.717) is 42.0 Å². The van der Waals surface area contributed by atoms with Gasteiger partial charge in [-0.1, -0.05) is 0 Å². The fourth-order valence-electron chi connectivity index (χ4n) is 2.99. The molecule has 1 aromatic carbocycles. The Labute approximate surface area is 155 Å². The molecular formula is C20H17N3O4. The first-order chi connectivity index (χ1) is 13.2. The number of carbonyl (C=O) groups is 1. The number of anilines is 1. The number of furan rings is 1. The van der Waals surface area contributed by atoms with E-state index in [-0.39, 0.29) is 11.1 Å². The number of hydrogen-bond acceptors (Lipinski definition) is 5. The molecule has 2 aromatic heterocycles. The van der Waals surface area contributed by atoms with Gasteiger partial charge in [0.05, 0.1) is 13.2 Å². The van der Waals surface area contributed by atoms with Gasteiger partial charge in [0, 0.05) is 30.6 Å². The van der Waals surface area contributed by atoms with Crippen LogP contribution in [0, 0.1) is 18.3 Å². The van der Waals surface area contributed by atoms with Gasteiger partial charge in [-0.3, -0.25) is 9.36 Å². The number of nitriles is 1. The molecule has 7 heteroatoms. The van der Waals surface area contributed by atoms with E-state index in [1.54, 1.807) is 42.1 Å². The van der Waals surface area contributed by atoms with Crippen molar-refractivity contribution < 1.29 is 18.7 Å². The number of carbonyl (C=O) groups excluding carboxylic acids is 1. The summed E-state index contributed by atoms with van der Waals surface area (Å²) in [6.07, 6.45) is 4.31. The molecule has 136 valence electrons. The minimum atomic E-state index is -0.416. The van der Waals surface area contributed by atoms with Gasteiger partial charge in [-0.2, -0.15) is 5.26 Å². The molecule has 0 aliphatic carbocycles. The summed E-state index contributed by atoms with van der Waals surface area (Å²) in [6.45, 7) is 2.82. The van der Waals surface area contributed by atoms with Gasteiger partial charge in [0.25, 0.3) is 5.91 Å². The van der Waals surface area contributed by atoms with Crippen molar-refractivity contribution >= 4 is 11.6 Å². The molecule has 0 saturated carbocycles. The Balaban J connectivity index is 1.64. The fraction of sp³-hybridized carbons (Fsp3) is 0.200. The van der Waals surface area contributed by atoms with Crippen molar-refractivity contribution in [3.8, 4) is 23.5 Å². The summed E-state index contributed by atoms with van der Waals surface area (Å²) in [5.74, 6) is 1.52. The van der Waals surface area contributed by atoms with Gasteiger partial charge in [0.15, 0.2) is 11.5 Å². The average Bonchev–Trinajstić information content (AvgIpc) is 3.23. The third kappa shape index (κ3) is 3.13. The van der Waals surface area contributed by atoms with Crippen molar-refractivity contribution in [2.45, 2.75) is 13.3 Å². The Kier molecular flexibility index (Phi) is 4.30. The highest BCUT2D eigenvalue weighted by atomic mass is 16.5. The molecule has 1 amide bonds. The molecule has 0 bridgehead atoms. The second-order valence-corrected chi connectivity index (χ2v) is 6.08.